The minimum absolute atomic E-state index is 0.0333. The summed E-state index contributed by atoms with van der Waals surface area (Å²) >= 11 is 5.97. The standard InChI is InChI=1S/C17H28ClN5O/c1-6-19-17(21-12-16(24)23(4)5)20-11-15(22(2)3)13-7-9-14(18)10-8-13/h7-10,15H,6,11-12H2,1-5H3,(H2,19,20,21). The van der Waals surface area contributed by atoms with Crippen LogP contribution in [-0.2, 0) is 4.79 Å². The predicted molar refractivity (Wildman–Crippen MR) is 101 cm³/mol. The van der Waals surface area contributed by atoms with Crippen molar-refractivity contribution < 1.29 is 4.79 Å². The highest BCUT2D eigenvalue weighted by atomic mass is 35.5. The highest BCUT2D eigenvalue weighted by Gasteiger charge is 2.15. The summed E-state index contributed by atoms with van der Waals surface area (Å²) in [6.07, 6.45) is 0. The molecule has 0 aliphatic carbocycles. The van der Waals surface area contributed by atoms with E-state index in [1.807, 2.05) is 45.3 Å². The van der Waals surface area contributed by atoms with Gasteiger partial charge in [-0.2, -0.15) is 0 Å². The molecule has 6 nitrogen and oxygen atoms in total. The molecule has 0 radical (unpaired) electrons. The largest absolute Gasteiger partial charge is 0.357 e. The molecule has 1 rings (SSSR count). The lowest BCUT2D eigenvalue weighted by molar-refractivity contribution is -0.127. The van der Waals surface area contributed by atoms with Crippen molar-refractivity contribution in [3.05, 3.63) is 34.9 Å². The Morgan fingerprint density at radius 2 is 1.79 bits per heavy atom. The minimum atomic E-state index is -0.0333. The molecule has 0 fully saturated rings. The van der Waals surface area contributed by atoms with Gasteiger partial charge >= 0.3 is 0 Å². The van der Waals surface area contributed by atoms with Crippen LogP contribution in [0.3, 0.4) is 0 Å². The second kappa shape index (κ2) is 10.2. The van der Waals surface area contributed by atoms with Crippen LogP contribution in [-0.4, -0.2) is 69.5 Å². The van der Waals surface area contributed by atoms with Crippen molar-refractivity contribution in [1.29, 1.82) is 0 Å². The lowest BCUT2D eigenvalue weighted by Gasteiger charge is -2.26. The molecule has 7 heteroatoms. The molecule has 1 aromatic rings. The van der Waals surface area contributed by atoms with Crippen LogP contribution >= 0.6 is 11.6 Å². The van der Waals surface area contributed by atoms with Gasteiger partial charge in [-0.1, -0.05) is 23.7 Å². The second-order valence-corrected chi connectivity index (χ2v) is 6.33. The third kappa shape index (κ3) is 6.76. The molecule has 0 spiro atoms. The average Bonchev–Trinajstić information content (AvgIpc) is 2.53. The Morgan fingerprint density at radius 1 is 1.17 bits per heavy atom. The van der Waals surface area contributed by atoms with Crippen LogP contribution in [0.15, 0.2) is 29.3 Å². The molecule has 0 aromatic heterocycles. The molecular formula is C17H28ClN5O. The van der Waals surface area contributed by atoms with E-state index < -0.39 is 0 Å². The fourth-order valence-electron chi connectivity index (χ4n) is 2.11. The van der Waals surface area contributed by atoms with Gasteiger partial charge in [-0.25, -0.2) is 4.99 Å². The maximum Gasteiger partial charge on any atom is 0.243 e. The molecule has 1 aromatic carbocycles. The number of hydrogen-bond acceptors (Lipinski definition) is 3. The monoisotopic (exact) mass is 353 g/mol. The van der Waals surface area contributed by atoms with E-state index in [4.69, 9.17) is 11.6 Å². The second-order valence-electron chi connectivity index (χ2n) is 5.90. The van der Waals surface area contributed by atoms with Gasteiger partial charge in [-0.05, 0) is 38.7 Å². The fourth-order valence-corrected chi connectivity index (χ4v) is 2.23. The van der Waals surface area contributed by atoms with Gasteiger partial charge in [-0.15, -0.1) is 0 Å². The zero-order valence-electron chi connectivity index (χ0n) is 15.1. The van der Waals surface area contributed by atoms with E-state index in [0.29, 0.717) is 12.5 Å². The lowest BCUT2D eigenvalue weighted by atomic mass is 10.1. The maximum atomic E-state index is 11.7. The quantitative estimate of drug-likeness (QED) is 0.577. The third-order valence-electron chi connectivity index (χ3n) is 3.56. The smallest absolute Gasteiger partial charge is 0.243 e. The highest BCUT2D eigenvalue weighted by molar-refractivity contribution is 6.30. The van der Waals surface area contributed by atoms with Crippen molar-refractivity contribution in [2.75, 3.05) is 47.8 Å². The number of nitrogens with one attached hydrogen (secondary N) is 2. The lowest BCUT2D eigenvalue weighted by Crippen LogP contribution is -2.42. The summed E-state index contributed by atoms with van der Waals surface area (Å²) in [5, 5.41) is 7.19. The number of nitrogens with zero attached hydrogens (tertiary/aromatic N) is 3. The fraction of sp³-hybridized carbons (Fsp3) is 0.529. The third-order valence-corrected chi connectivity index (χ3v) is 3.81. The number of carbonyl (C=O) groups excluding carboxylic acids is 1. The molecule has 0 aliphatic rings. The molecule has 0 aliphatic heterocycles. The molecule has 0 saturated heterocycles. The number of amides is 1. The SMILES string of the molecule is CCNC(=NCC(=O)N(C)C)NCC(c1ccc(Cl)cc1)N(C)C. The number of likely N-dealkylation sites (N-methyl/N-ethyl adjacent to an activating group) is 2. The number of benzene rings is 1. The van der Waals surface area contributed by atoms with E-state index in [1.54, 1.807) is 14.1 Å². The van der Waals surface area contributed by atoms with Crippen molar-refractivity contribution in [1.82, 2.24) is 20.4 Å². The number of halogens is 1. The molecule has 0 saturated carbocycles. The van der Waals surface area contributed by atoms with E-state index >= 15 is 0 Å². The van der Waals surface area contributed by atoms with Crippen molar-refractivity contribution in [2.45, 2.75) is 13.0 Å². The van der Waals surface area contributed by atoms with E-state index in [2.05, 4.69) is 20.5 Å². The first-order chi connectivity index (χ1) is 11.3. The topological polar surface area (TPSA) is 60.0 Å². The molecule has 1 unspecified atom stereocenters. The van der Waals surface area contributed by atoms with Gasteiger partial charge in [0.25, 0.3) is 0 Å². The van der Waals surface area contributed by atoms with Gasteiger partial charge < -0.3 is 20.4 Å². The summed E-state index contributed by atoms with van der Waals surface area (Å²) in [4.78, 5) is 19.7. The zero-order chi connectivity index (χ0) is 18.1. The Hall–Kier alpha value is -1.79. The normalized spacial score (nSPS) is 12.9. The summed E-state index contributed by atoms with van der Waals surface area (Å²) < 4.78 is 0. The van der Waals surface area contributed by atoms with E-state index in [1.165, 1.54) is 4.90 Å². The van der Waals surface area contributed by atoms with Gasteiger partial charge in [0.15, 0.2) is 5.96 Å². The van der Waals surface area contributed by atoms with Crippen LogP contribution in [0, 0.1) is 0 Å². The molecular weight excluding hydrogens is 326 g/mol. The Balaban J connectivity index is 2.76. The van der Waals surface area contributed by atoms with Crippen LogP contribution in [0.1, 0.15) is 18.5 Å². The van der Waals surface area contributed by atoms with E-state index in [0.717, 1.165) is 17.1 Å². The number of guanidine groups is 1. The van der Waals surface area contributed by atoms with Gasteiger partial charge in [0.2, 0.25) is 5.91 Å². The number of hydrogen-bond donors (Lipinski definition) is 2. The molecule has 134 valence electrons. The predicted octanol–water partition coefficient (Wildman–Crippen LogP) is 1.59. The first-order valence-electron chi connectivity index (χ1n) is 7.99. The van der Waals surface area contributed by atoms with E-state index in [9.17, 15) is 4.79 Å². The average molecular weight is 354 g/mol. The van der Waals surface area contributed by atoms with Gasteiger partial charge in [0, 0.05) is 32.2 Å². The Morgan fingerprint density at radius 3 is 2.29 bits per heavy atom. The minimum Gasteiger partial charge on any atom is -0.357 e. The van der Waals surface area contributed by atoms with Gasteiger partial charge in [0.05, 0.1) is 6.04 Å². The number of carbonyl (C=O) groups is 1. The number of rotatable bonds is 7. The molecule has 0 heterocycles. The highest BCUT2D eigenvalue weighted by Crippen LogP contribution is 2.19. The first-order valence-corrected chi connectivity index (χ1v) is 8.37. The summed E-state index contributed by atoms with van der Waals surface area (Å²) in [7, 11) is 7.50. The Kier molecular flexibility index (Phi) is 8.57. The van der Waals surface area contributed by atoms with E-state index in [-0.39, 0.29) is 18.5 Å². The van der Waals surface area contributed by atoms with Crippen molar-refractivity contribution in [3.8, 4) is 0 Å². The Bertz CT molecular complexity index is 542. The summed E-state index contributed by atoms with van der Waals surface area (Å²) in [6.45, 7) is 3.51. The van der Waals surface area contributed by atoms with Crippen LogP contribution < -0.4 is 10.6 Å². The van der Waals surface area contributed by atoms with Gasteiger partial charge in [0.1, 0.15) is 6.54 Å². The van der Waals surface area contributed by atoms with Crippen molar-refractivity contribution in [3.63, 3.8) is 0 Å². The molecule has 1 atom stereocenters. The van der Waals surface area contributed by atoms with Crippen molar-refractivity contribution in [2.24, 2.45) is 4.99 Å². The molecule has 1 amide bonds. The van der Waals surface area contributed by atoms with Crippen LogP contribution in [0.25, 0.3) is 0 Å². The molecule has 24 heavy (non-hydrogen) atoms. The van der Waals surface area contributed by atoms with Crippen molar-refractivity contribution >= 4 is 23.5 Å². The molecule has 0 bridgehead atoms. The van der Waals surface area contributed by atoms with Gasteiger partial charge in [-0.3, -0.25) is 4.79 Å². The summed E-state index contributed by atoms with van der Waals surface area (Å²) in [5.74, 6) is 0.600. The van der Waals surface area contributed by atoms with Crippen LogP contribution in [0.2, 0.25) is 5.02 Å². The summed E-state index contributed by atoms with van der Waals surface area (Å²) in [5.41, 5.74) is 1.16. The number of aliphatic imine (C=N–C) groups is 1. The molecule has 2 N–H and O–H groups in total. The first kappa shape index (κ1) is 20.3. The van der Waals surface area contributed by atoms with Crippen LogP contribution in [0.5, 0.6) is 0 Å². The Labute approximate surface area is 149 Å². The summed E-state index contributed by atoms with van der Waals surface area (Å²) in [6, 6.07) is 7.99. The zero-order valence-corrected chi connectivity index (χ0v) is 15.9. The van der Waals surface area contributed by atoms with Crippen LogP contribution in [0.4, 0.5) is 0 Å². The maximum absolute atomic E-state index is 11.7.